The summed E-state index contributed by atoms with van der Waals surface area (Å²) in [5, 5.41) is 9.13. The van der Waals surface area contributed by atoms with Crippen molar-refractivity contribution >= 4 is 63.2 Å². The molecule has 226 valence electrons. The molecule has 2 aliphatic heterocycles. The van der Waals surface area contributed by atoms with Gasteiger partial charge in [-0.25, -0.2) is 9.78 Å². The lowest BCUT2D eigenvalue weighted by atomic mass is 10.0. The molecule has 0 unspecified atom stereocenters. The number of H-pyrrole nitrogens is 1. The van der Waals surface area contributed by atoms with E-state index in [9.17, 15) is 9.59 Å². The number of hydrogen-bond acceptors (Lipinski definition) is 9. The van der Waals surface area contributed by atoms with E-state index in [-0.39, 0.29) is 11.5 Å². The second-order valence-corrected chi connectivity index (χ2v) is 12.2. The van der Waals surface area contributed by atoms with Crippen molar-refractivity contribution in [3.05, 3.63) is 82.3 Å². The van der Waals surface area contributed by atoms with E-state index in [1.54, 1.807) is 29.2 Å². The first-order valence-corrected chi connectivity index (χ1v) is 15.5. The Morgan fingerprint density at radius 3 is 2.68 bits per heavy atom. The Morgan fingerprint density at radius 1 is 1.11 bits per heavy atom. The van der Waals surface area contributed by atoms with Gasteiger partial charge in [0.15, 0.2) is 5.95 Å². The SMILES string of the molecule is Nc1nc2ccc(-c3cc(/C=C4\SC(=S)N(CCc5ccc(C(=O)O)cc5)C4=O)ccc3OCCN3CCOCC3)cc2[nH]1. The van der Waals surface area contributed by atoms with Crippen LogP contribution in [0.5, 0.6) is 5.75 Å². The zero-order chi connectivity index (χ0) is 30.6. The van der Waals surface area contributed by atoms with Crippen LogP contribution in [0.15, 0.2) is 65.6 Å². The van der Waals surface area contributed by atoms with Crippen molar-refractivity contribution in [3.63, 3.8) is 0 Å². The molecule has 44 heavy (non-hydrogen) atoms. The van der Waals surface area contributed by atoms with Crippen molar-refractivity contribution in [2.75, 3.05) is 51.7 Å². The summed E-state index contributed by atoms with van der Waals surface area (Å²) in [6.45, 7) is 4.99. The van der Waals surface area contributed by atoms with Crippen LogP contribution in [0.25, 0.3) is 28.2 Å². The van der Waals surface area contributed by atoms with E-state index in [1.807, 2.05) is 42.5 Å². The second-order valence-electron chi connectivity index (χ2n) is 10.5. The summed E-state index contributed by atoms with van der Waals surface area (Å²) in [5.41, 5.74) is 11.3. The Kier molecular flexibility index (Phi) is 8.94. The van der Waals surface area contributed by atoms with Gasteiger partial charge in [0.05, 0.1) is 34.7 Å². The van der Waals surface area contributed by atoms with Gasteiger partial charge in [-0.15, -0.1) is 0 Å². The summed E-state index contributed by atoms with van der Waals surface area (Å²) >= 11 is 6.83. The molecule has 10 nitrogen and oxygen atoms in total. The van der Waals surface area contributed by atoms with Crippen LogP contribution in [-0.4, -0.2) is 87.1 Å². The molecule has 12 heteroatoms. The summed E-state index contributed by atoms with van der Waals surface area (Å²) < 4.78 is 12.2. The molecule has 0 radical (unpaired) electrons. The number of nitrogens with zero attached hydrogens (tertiary/aromatic N) is 3. The van der Waals surface area contributed by atoms with Gasteiger partial charge in [-0.3, -0.25) is 14.6 Å². The summed E-state index contributed by atoms with van der Waals surface area (Å²) in [6, 6.07) is 18.4. The van der Waals surface area contributed by atoms with Crippen molar-refractivity contribution in [2.45, 2.75) is 6.42 Å². The Balaban J connectivity index is 1.21. The van der Waals surface area contributed by atoms with Crippen LogP contribution in [0.2, 0.25) is 0 Å². The molecule has 4 N–H and O–H groups in total. The summed E-state index contributed by atoms with van der Waals surface area (Å²) in [4.78, 5) is 36.4. The van der Waals surface area contributed by atoms with Crippen LogP contribution in [0.1, 0.15) is 21.5 Å². The number of aromatic amines is 1. The van der Waals surface area contributed by atoms with Crippen molar-refractivity contribution in [2.24, 2.45) is 0 Å². The molecule has 0 saturated carbocycles. The first kappa shape index (κ1) is 29.8. The molecular formula is C32H31N5O5S2. The zero-order valence-corrected chi connectivity index (χ0v) is 25.5. The number of morpholine rings is 1. The molecule has 1 aromatic heterocycles. The third kappa shape index (κ3) is 6.78. The molecule has 3 heterocycles. The molecule has 0 aliphatic carbocycles. The lowest BCUT2D eigenvalue weighted by molar-refractivity contribution is -0.122. The number of aromatic carboxylic acids is 1. The number of imidazole rings is 1. The highest BCUT2D eigenvalue weighted by Gasteiger charge is 2.31. The fraction of sp³-hybridized carbons (Fsp3) is 0.250. The van der Waals surface area contributed by atoms with Crippen LogP contribution in [0, 0.1) is 0 Å². The first-order valence-electron chi connectivity index (χ1n) is 14.2. The molecule has 2 aliphatic rings. The normalized spacial score (nSPS) is 16.7. The van der Waals surface area contributed by atoms with Gasteiger partial charge in [0, 0.05) is 31.7 Å². The number of ether oxygens (including phenoxy) is 2. The number of nitrogen functional groups attached to an aromatic ring is 1. The molecule has 0 bridgehead atoms. The van der Waals surface area contributed by atoms with Crippen LogP contribution < -0.4 is 10.5 Å². The molecule has 0 spiro atoms. The van der Waals surface area contributed by atoms with E-state index in [0.717, 1.165) is 71.9 Å². The average molecular weight is 630 g/mol. The number of rotatable bonds is 10. The number of carboxylic acid groups (broad SMARTS) is 1. The van der Waals surface area contributed by atoms with Gasteiger partial charge < -0.3 is 25.3 Å². The standard InChI is InChI=1S/C32H31N5O5S2/c33-31-34-25-7-6-23(19-26(25)35-31)24-17-21(3-8-27(24)42-16-13-36-11-14-41-15-12-36)18-28-29(38)37(32(43)44-28)10-9-20-1-4-22(5-2-20)30(39)40/h1-8,17-19H,9-16H2,(H,39,40)(H3,33,34,35)/b28-18-. The average Bonchev–Trinajstić information content (AvgIpc) is 3.53. The molecule has 3 aromatic carbocycles. The van der Waals surface area contributed by atoms with E-state index in [4.69, 9.17) is 32.5 Å². The number of carbonyl (C=O) groups excluding carboxylic acids is 1. The number of thiocarbonyl (C=S) groups is 1. The highest BCUT2D eigenvalue weighted by molar-refractivity contribution is 8.26. The molecule has 2 fully saturated rings. The third-order valence-corrected chi connectivity index (χ3v) is 8.96. The Morgan fingerprint density at radius 2 is 1.91 bits per heavy atom. The summed E-state index contributed by atoms with van der Waals surface area (Å²) in [7, 11) is 0. The van der Waals surface area contributed by atoms with E-state index in [2.05, 4.69) is 14.9 Å². The highest BCUT2D eigenvalue weighted by Crippen LogP contribution is 2.36. The number of amides is 1. The Bertz CT molecular complexity index is 1750. The molecule has 1 amide bonds. The van der Waals surface area contributed by atoms with E-state index < -0.39 is 5.97 Å². The minimum absolute atomic E-state index is 0.149. The minimum atomic E-state index is -0.971. The number of carbonyl (C=O) groups is 2. The van der Waals surface area contributed by atoms with Gasteiger partial charge in [-0.2, -0.15) is 0 Å². The lowest BCUT2D eigenvalue weighted by Gasteiger charge is -2.26. The predicted molar refractivity (Wildman–Crippen MR) is 176 cm³/mol. The van der Waals surface area contributed by atoms with Gasteiger partial charge in [-0.1, -0.05) is 48.2 Å². The first-order chi connectivity index (χ1) is 21.3. The Hall–Kier alpha value is -4.23. The monoisotopic (exact) mass is 629 g/mol. The number of anilines is 1. The van der Waals surface area contributed by atoms with E-state index in [0.29, 0.717) is 34.7 Å². The molecule has 6 rings (SSSR count). The Labute approximate surface area is 263 Å². The minimum Gasteiger partial charge on any atom is -0.492 e. The molecule has 0 atom stereocenters. The number of fused-ring (bicyclic) bond motifs is 1. The smallest absolute Gasteiger partial charge is 0.335 e. The highest BCUT2D eigenvalue weighted by atomic mass is 32.2. The summed E-state index contributed by atoms with van der Waals surface area (Å²) in [6.07, 6.45) is 2.41. The predicted octanol–water partition coefficient (Wildman–Crippen LogP) is 4.67. The third-order valence-electron chi connectivity index (χ3n) is 7.58. The maximum absolute atomic E-state index is 13.4. The largest absolute Gasteiger partial charge is 0.492 e. The van der Waals surface area contributed by atoms with Gasteiger partial charge in [0.2, 0.25) is 0 Å². The maximum Gasteiger partial charge on any atom is 0.335 e. The van der Waals surface area contributed by atoms with Gasteiger partial charge in [0.25, 0.3) is 5.91 Å². The van der Waals surface area contributed by atoms with Gasteiger partial charge >= 0.3 is 5.97 Å². The number of thioether (sulfide) groups is 1. The number of aromatic nitrogens is 2. The lowest BCUT2D eigenvalue weighted by Crippen LogP contribution is -2.38. The number of nitrogens with one attached hydrogen (secondary N) is 1. The molecular weight excluding hydrogens is 599 g/mol. The van der Waals surface area contributed by atoms with Crippen molar-refractivity contribution < 1.29 is 24.2 Å². The van der Waals surface area contributed by atoms with Gasteiger partial charge in [-0.05, 0) is 65.6 Å². The quantitative estimate of drug-likeness (QED) is 0.168. The fourth-order valence-electron chi connectivity index (χ4n) is 5.19. The number of benzene rings is 3. The van der Waals surface area contributed by atoms with Gasteiger partial charge in [0.1, 0.15) is 16.7 Å². The zero-order valence-electron chi connectivity index (χ0n) is 23.8. The number of nitrogens with two attached hydrogens (primary N) is 1. The molecule has 2 saturated heterocycles. The van der Waals surface area contributed by atoms with Crippen LogP contribution in [-0.2, 0) is 16.0 Å². The topological polar surface area (TPSA) is 134 Å². The van der Waals surface area contributed by atoms with E-state index in [1.165, 1.54) is 11.8 Å². The van der Waals surface area contributed by atoms with Crippen molar-refractivity contribution in [3.8, 4) is 16.9 Å². The maximum atomic E-state index is 13.4. The molecule has 4 aromatic rings. The summed E-state index contributed by atoms with van der Waals surface area (Å²) in [5.74, 6) is -0.0271. The fourth-order valence-corrected chi connectivity index (χ4v) is 6.50. The van der Waals surface area contributed by atoms with Crippen molar-refractivity contribution in [1.82, 2.24) is 19.8 Å². The van der Waals surface area contributed by atoms with E-state index >= 15 is 0 Å². The van der Waals surface area contributed by atoms with Crippen LogP contribution in [0.4, 0.5) is 5.95 Å². The second kappa shape index (κ2) is 13.2. The number of carboxylic acids is 1. The van der Waals surface area contributed by atoms with Crippen molar-refractivity contribution in [1.29, 1.82) is 0 Å². The van der Waals surface area contributed by atoms with Crippen LogP contribution in [0.3, 0.4) is 0 Å². The number of hydrogen-bond donors (Lipinski definition) is 3. The van der Waals surface area contributed by atoms with Crippen LogP contribution >= 0.6 is 24.0 Å².